The van der Waals surface area contributed by atoms with Crippen molar-refractivity contribution in [3.05, 3.63) is 59.0 Å². The van der Waals surface area contributed by atoms with Gasteiger partial charge in [-0.05, 0) is 24.3 Å². The van der Waals surface area contributed by atoms with E-state index in [9.17, 15) is 19.2 Å². The number of fused-ring (bicyclic) bond motifs is 1. The summed E-state index contributed by atoms with van der Waals surface area (Å²) < 4.78 is 4.87. The number of furan rings is 1. The van der Waals surface area contributed by atoms with E-state index in [0.717, 1.165) is 6.07 Å². The second kappa shape index (κ2) is 4.85. The van der Waals surface area contributed by atoms with Crippen LogP contribution in [0.2, 0.25) is 0 Å². The zero-order chi connectivity index (χ0) is 15.9. The molecule has 2 N–H and O–H groups in total. The Bertz CT molecular complexity index is 787. The van der Waals surface area contributed by atoms with Crippen LogP contribution >= 0.6 is 0 Å². The Kier molecular flexibility index (Phi) is 2.99. The van der Waals surface area contributed by atoms with E-state index in [-0.39, 0.29) is 22.6 Å². The molecule has 2 aromatic rings. The van der Waals surface area contributed by atoms with Gasteiger partial charge in [0.15, 0.2) is 5.76 Å². The van der Waals surface area contributed by atoms with Gasteiger partial charge in [-0.25, -0.2) is 4.79 Å². The molecule has 110 valence electrons. The molecule has 0 saturated heterocycles. The van der Waals surface area contributed by atoms with Gasteiger partial charge in [0.1, 0.15) is 0 Å². The number of hydroxylamine groups is 2. The Morgan fingerprint density at radius 3 is 2.00 bits per heavy atom. The highest BCUT2D eigenvalue weighted by Crippen LogP contribution is 2.23. The van der Waals surface area contributed by atoms with E-state index < -0.39 is 23.7 Å². The summed E-state index contributed by atoms with van der Waals surface area (Å²) in [5, 5.41) is 0.347. The monoisotopic (exact) mass is 300 g/mol. The molecule has 0 atom stereocenters. The predicted molar refractivity (Wildman–Crippen MR) is 69.6 cm³/mol. The summed E-state index contributed by atoms with van der Waals surface area (Å²) in [4.78, 5) is 51.5. The normalized spacial score (nSPS) is 13.2. The highest BCUT2D eigenvalue weighted by Gasteiger charge is 2.39. The lowest BCUT2D eigenvalue weighted by Gasteiger charge is -2.11. The standard InChI is InChI=1S/C14H8N2O6/c15-11(17)9-5-6-10(21-9)14(20)22-16-12(18)7-3-1-2-4-8(7)13(16)19/h1-6H,(H2,15,17). The number of hydrogen-bond donors (Lipinski definition) is 1. The first-order valence-electron chi connectivity index (χ1n) is 6.09. The molecule has 8 nitrogen and oxygen atoms in total. The number of carbonyl (C=O) groups excluding carboxylic acids is 4. The van der Waals surface area contributed by atoms with E-state index in [1.165, 1.54) is 18.2 Å². The average molecular weight is 300 g/mol. The van der Waals surface area contributed by atoms with Gasteiger partial charge in [-0.1, -0.05) is 17.2 Å². The maximum absolute atomic E-state index is 12.0. The van der Waals surface area contributed by atoms with E-state index in [1.54, 1.807) is 12.1 Å². The first kappa shape index (κ1) is 13.6. The lowest BCUT2D eigenvalue weighted by Crippen LogP contribution is -2.32. The third-order valence-electron chi connectivity index (χ3n) is 2.98. The average Bonchev–Trinajstić information content (AvgIpc) is 3.08. The summed E-state index contributed by atoms with van der Waals surface area (Å²) in [6.45, 7) is 0. The number of benzene rings is 1. The molecule has 1 aliphatic heterocycles. The number of imide groups is 1. The van der Waals surface area contributed by atoms with Gasteiger partial charge in [0.2, 0.25) is 5.76 Å². The van der Waals surface area contributed by atoms with E-state index in [2.05, 4.69) is 0 Å². The van der Waals surface area contributed by atoms with Crippen molar-refractivity contribution in [1.82, 2.24) is 5.06 Å². The van der Waals surface area contributed by atoms with Crippen molar-refractivity contribution in [1.29, 1.82) is 0 Å². The van der Waals surface area contributed by atoms with Crippen molar-refractivity contribution in [3.63, 3.8) is 0 Å². The van der Waals surface area contributed by atoms with Gasteiger partial charge in [0.05, 0.1) is 11.1 Å². The van der Waals surface area contributed by atoms with Crippen molar-refractivity contribution in [2.75, 3.05) is 0 Å². The van der Waals surface area contributed by atoms with Crippen molar-refractivity contribution in [2.24, 2.45) is 5.73 Å². The van der Waals surface area contributed by atoms with Crippen molar-refractivity contribution >= 4 is 23.7 Å². The van der Waals surface area contributed by atoms with Crippen LogP contribution in [0.4, 0.5) is 0 Å². The molecule has 0 aliphatic carbocycles. The highest BCUT2D eigenvalue weighted by atomic mass is 16.7. The molecule has 0 radical (unpaired) electrons. The number of hydrogen-bond acceptors (Lipinski definition) is 6. The minimum atomic E-state index is -1.10. The zero-order valence-electron chi connectivity index (χ0n) is 10.9. The molecule has 0 bridgehead atoms. The Labute approximate surface area is 123 Å². The summed E-state index contributed by atoms with van der Waals surface area (Å²) in [6.07, 6.45) is 0. The van der Waals surface area contributed by atoms with Crippen LogP contribution < -0.4 is 5.73 Å². The van der Waals surface area contributed by atoms with Gasteiger partial charge in [0.25, 0.3) is 17.7 Å². The van der Waals surface area contributed by atoms with Crippen LogP contribution in [0.1, 0.15) is 41.8 Å². The molecule has 3 amide bonds. The molecule has 22 heavy (non-hydrogen) atoms. The van der Waals surface area contributed by atoms with Crippen LogP contribution in [-0.2, 0) is 4.84 Å². The molecule has 2 heterocycles. The number of carbonyl (C=O) groups is 4. The van der Waals surface area contributed by atoms with Crippen molar-refractivity contribution in [2.45, 2.75) is 0 Å². The number of nitrogens with zero attached hydrogens (tertiary/aromatic N) is 1. The fourth-order valence-electron chi connectivity index (χ4n) is 1.96. The maximum Gasteiger partial charge on any atom is 0.399 e. The fourth-order valence-corrected chi connectivity index (χ4v) is 1.96. The summed E-state index contributed by atoms with van der Waals surface area (Å²) in [6, 6.07) is 8.40. The second-order valence-electron chi connectivity index (χ2n) is 4.36. The predicted octanol–water partition coefficient (Wildman–Crippen LogP) is 0.747. The van der Waals surface area contributed by atoms with Crippen molar-refractivity contribution in [3.8, 4) is 0 Å². The highest BCUT2D eigenvalue weighted by molar-refractivity contribution is 6.21. The number of nitrogens with two attached hydrogens (primary N) is 1. The molecule has 0 unspecified atom stereocenters. The van der Waals surface area contributed by atoms with Gasteiger partial charge in [-0.3, -0.25) is 14.4 Å². The SMILES string of the molecule is NC(=O)c1ccc(C(=O)ON2C(=O)c3ccccc3C2=O)o1. The Balaban J connectivity index is 1.82. The maximum atomic E-state index is 12.0. The molecule has 3 rings (SSSR count). The van der Waals surface area contributed by atoms with Gasteiger partial charge in [-0.15, -0.1) is 0 Å². The number of amides is 3. The molecule has 8 heteroatoms. The second-order valence-corrected chi connectivity index (χ2v) is 4.36. The van der Waals surface area contributed by atoms with E-state index in [1.807, 2.05) is 0 Å². The molecular formula is C14H8N2O6. The van der Waals surface area contributed by atoms with Crippen molar-refractivity contribution < 1.29 is 28.4 Å². The molecular weight excluding hydrogens is 292 g/mol. The smallest absolute Gasteiger partial charge is 0.399 e. The quantitative estimate of drug-likeness (QED) is 0.835. The molecule has 0 saturated carbocycles. The zero-order valence-corrected chi connectivity index (χ0v) is 10.9. The molecule has 1 aromatic carbocycles. The lowest BCUT2D eigenvalue weighted by molar-refractivity contribution is -0.0603. The summed E-state index contributed by atoms with van der Waals surface area (Å²) in [5.41, 5.74) is 5.26. The topological polar surface area (TPSA) is 120 Å². The third-order valence-corrected chi connectivity index (χ3v) is 2.98. The first-order valence-corrected chi connectivity index (χ1v) is 6.09. The Hall–Kier alpha value is -3.42. The number of rotatable bonds is 3. The summed E-state index contributed by atoms with van der Waals surface area (Å²) in [7, 11) is 0. The minimum Gasteiger partial charge on any atom is -0.444 e. The fraction of sp³-hybridized carbons (Fsp3) is 0. The lowest BCUT2D eigenvalue weighted by atomic mass is 10.1. The summed E-state index contributed by atoms with van der Waals surface area (Å²) >= 11 is 0. The Morgan fingerprint density at radius 2 is 1.50 bits per heavy atom. The van der Waals surface area contributed by atoms with Gasteiger partial charge in [-0.2, -0.15) is 0 Å². The van der Waals surface area contributed by atoms with Crippen LogP contribution in [-0.4, -0.2) is 28.8 Å². The van der Waals surface area contributed by atoms with E-state index >= 15 is 0 Å². The van der Waals surface area contributed by atoms with Crippen LogP contribution in [0.15, 0.2) is 40.8 Å². The first-order chi connectivity index (χ1) is 10.5. The van der Waals surface area contributed by atoms with E-state index in [0.29, 0.717) is 5.06 Å². The number of primary amides is 1. The van der Waals surface area contributed by atoms with Crippen LogP contribution in [0.5, 0.6) is 0 Å². The largest absolute Gasteiger partial charge is 0.444 e. The molecule has 0 spiro atoms. The molecule has 1 aromatic heterocycles. The third kappa shape index (κ3) is 2.03. The summed E-state index contributed by atoms with van der Waals surface area (Å²) in [5.74, 6) is -4.06. The van der Waals surface area contributed by atoms with Gasteiger partial charge >= 0.3 is 5.97 Å². The van der Waals surface area contributed by atoms with Crippen LogP contribution in [0.3, 0.4) is 0 Å². The molecule has 0 fully saturated rings. The Morgan fingerprint density at radius 1 is 0.955 bits per heavy atom. The van der Waals surface area contributed by atoms with Crippen LogP contribution in [0.25, 0.3) is 0 Å². The van der Waals surface area contributed by atoms with E-state index in [4.69, 9.17) is 15.0 Å². The van der Waals surface area contributed by atoms with Gasteiger partial charge < -0.3 is 15.0 Å². The van der Waals surface area contributed by atoms with Gasteiger partial charge in [0, 0.05) is 0 Å². The van der Waals surface area contributed by atoms with Crippen LogP contribution in [0, 0.1) is 0 Å². The molecule has 1 aliphatic rings. The minimum absolute atomic E-state index is 0.137.